The number of para-hydroxylation sites is 1. The van der Waals surface area contributed by atoms with Crippen LogP contribution in [-0.2, 0) is 24.4 Å². The van der Waals surface area contributed by atoms with E-state index in [1.807, 2.05) is 26.8 Å². The first kappa shape index (κ1) is 22.3. The lowest BCUT2D eigenvalue weighted by atomic mass is 9.99. The summed E-state index contributed by atoms with van der Waals surface area (Å²) in [5.74, 6) is 0.375. The van der Waals surface area contributed by atoms with Gasteiger partial charge in [0.05, 0.1) is 30.3 Å². The summed E-state index contributed by atoms with van der Waals surface area (Å²) in [6.07, 6.45) is 1.55. The molecule has 0 radical (unpaired) electrons. The van der Waals surface area contributed by atoms with Crippen molar-refractivity contribution in [2.24, 2.45) is 0 Å². The Morgan fingerprint density at radius 1 is 0.970 bits per heavy atom. The van der Waals surface area contributed by atoms with E-state index in [4.69, 9.17) is 4.42 Å². The van der Waals surface area contributed by atoms with E-state index in [0.717, 1.165) is 26.8 Å². The van der Waals surface area contributed by atoms with Gasteiger partial charge in [-0.3, -0.25) is 18.7 Å². The SMILES string of the molecule is Cc1cc(C)c(Cn2c(=O)n(CCC(=O)NCc3ccco3)c(=O)c3ccccc32)c(C)c1. The Kier molecular flexibility index (Phi) is 6.31. The monoisotopic (exact) mass is 445 g/mol. The number of benzene rings is 2. The van der Waals surface area contributed by atoms with Crippen LogP contribution in [-0.4, -0.2) is 15.0 Å². The molecule has 1 amide bonds. The Morgan fingerprint density at radius 3 is 2.39 bits per heavy atom. The number of carbonyl (C=O) groups is 1. The van der Waals surface area contributed by atoms with E-state index in [0.29, 0.717) is 23.2 Å². The summed E-state index contributed by atoms with van der Waals surface area (Å²) in [6.45, 7) is 6.71. The Labute approximate surface area is 191 Å². The molecule has 1 N–H and O–H groups in total. The highest BCUT2D eigenvalue weighted by molar-refractivity contribution is 5.78. The summed E-state index contributed by atoms with van der Waals surface area (Å²) < 4.78 is 8.00. The van der Waals surface area contributed by atoms with Crippen molar-refractivity contribution in [3.63, 3.8) is 0 Å². The minimum Gasteiger partial charge on any atom is -0.467 e. The van der Waals surface area contributed by atoms with Crippen molar-refractivity contribution in [1.29, 1.82) is 0 Å². The molecule has 0 aliphatic carbocycles. The molecule has 0 aliphatic heterocycles. The van der Waals surface area contributed by atoms with E-state index >= 15 is 0 Å². The van der Waals surface area contributed by atoms with Crippen LogP contribution in [0.25, 0.3) is 10.9 Å². The van der Waals surface area contributed by atoms with Gasteiger partial charge in [0.1, 0.15) is 5.76 Å². The molecule has 7 heteroatoms. The normalized spacial score (nSPS) is 11.1. The molecule has 2 aromatic carbocycles. The molecular formula is C26H27N3O4. The first-order chi connectivity index (χ1) is 15.8. The van der Waals surface area contributed by atoms with Crippen molar-refractivity contribution in [3.8, 4) is 0 Å². The number of fused-ring (bicyclic) bond motifs is 1. The predicted octanol–water partition coefficient (Wildman–Crippen LogP) is 3.44. The molecule has 0 fully saturated rings. The molecule has 4 rings (SSSR count). The molecule has 0 saturated carbocycles. The third-order valence-corrected chi connectivity index (χ3v) is 5.89. The average molecular weight is 446 g/mol. The average Bonchev–Trinajstić information content (AvgIpc) is 3.30. The van der Waals surface area contributed by atoms with Crippen molar-refractivity contribution in [1.82, 2.24) is 14.5 Å². The van der Waals surface area contributed by atoms with E-state index in [1.165, 1.54) is 6.26 Å². The van der Waals surface area contributed by atoms with Crippen molar-refractivity contribution >= 4 is 16.8 Å². The van der Waals surface area contributed by atoms with E-state index < -0.39 is 5.69 Å². The van der Waals surface area contributed by atoms with Crippen molar-refractivity contribution in [3.05, 3.63) is 104 Å². The summed E-state index contributed by atoms with van der Waals surface area (Å²) >= 11 is 0. The summed E-state index contributed by atoms with van der Waals surface area (Å²) in [7, 11) is 0. The fourth-order valence-electron chi connectivity index (χ4n) is 4.24. The van der Waals surface area contributed by atoms with E-state index in [2.05, 4.69) is 17.4 Å². The van der Waals surface area contributed by atoms with Gasteiger partial charge in [-0.2, -0.15) is 0 Å². The maximum atomic E-state index is 13.4. The molecule has 0 aliphatic rings. The number of nitrogens with zero attached hydrogens (tertiary/aromatic N) is 2. The fraction of sp³-hybridized carbons (Fsp3) is 0.269. The van der Waals surface area contributed by atoms with Crippen molar-refractivity contribution in [2.75, 3.05) is 0 Å². The highest BCUT2D eigenvalue weighted by Crippen LogP contribution is 2.19. The van der Waals surface area contributed by atoms with Gasteiger partial charge in [0.15, 0.2) is 0 Å². The number of hydrogen-bond acceptors (Lipinski definition) is 4. The molecular weight excluding hydrogens is 418 g/mol. The molecule has 2 heterocycles. The van der Waals surface area contributed by atoms with Crippen LogP contribution in [0.5, 0.6) is 0 Å². The van der Waals surface area contributed by atoms with Gasteiger partial charge in [0.25, 0.3) is 5.56 Å². The zero-order valence-electron chi connectivity index (χ0n) is 19.1. The third-order valence-electron chi connectivity index (χ3n) is 5.89. The van der Waals surface area contributed by atoms with Gasteiger partial charge < -0.3 is 9.73 Å². The molecule has 2 aromatic heterocycles. The van der Waals surface area contributed by atoms with Crippen molar-refractivity contribution in [2.45, 2.75) is 46.8 Å². The largest absolute Gasteiger partial charge is 0.467 e. The first-order valence-corrected chi connectivity index (χ1v) is 10.9. The summed E-state index contributed by atoms with van der Waals surface area (Å²) in [4.78, 5) is 38.8. The number of rotatable bonds is 7. The Hall–Kier alpha value is -3.87. The lowest BCUT2D eigenvalue weighted by Gasteiger charge is -2.17. The second-order valence-corrected chi connectivity index (χ2v) is 8.33. The van der Waals surface area contributed by atoms with Gasteiger partial charge >= 0.3 is 5.69 Å². The number of carbonyl (C=O) groups excluding carboxylic acids is 1. The zero-order chi connectivity index (χ0) is 23.5. The number of furan rings is 1. The highest BCUT2D eigenvalue weighted by Gasteiger charge is 2.16. The maximum Gasteiger partial charge on any atom is 0.331 e. The molecule has 0 unspecified atom stereocenters. The first-order valence-electron chi connectivity index (χ1n) is 10.9. The number of nitrogens with one attached hydrogen (secondary N) is 1. The second kappa shape index (κ2) is 9.32. The van der Waals surface area contributed by atoms with E-state index in [1.54, 1.807) is 34.9 Å². The van der Waals surface area contributed by atoms with Crippen LogP contribution in [0, 0.1) is 20.8 Å². The second-order valence-electron chi connectivity index (χ2n) is 8.33. The third kappa shape index (κ3) is 4.67. The quantitative estimate of drug-likeness (QED) is 0.472. The molecule has 0 bridgehead atoms. The summed E-state index contributed by atoms with van der Waals surface area (Å²) in [6, 6.07) is 14.8. The predicted molar refractivity (Wildman–Crippen MR) is 127 cm³/mol. The van der Waals surface area contributed by atoms with E-state index in [9.17, 15) is 14.4 Å². The number of aromatic nitrogens is 2. The van der Waals surface area contributed by atoms with Crippen molar-refractivity contribution < 1.29 is 9.21 Å². The molecule has 0 atom stereocenters. The highest BCUT2D eigenvalue weighted by atomic mass is 16.3. The molecule has 0 spiro atoms. The molecule has 0 saturated heterocycles. The maximum absolute atomic E-state index is 13.4. The van der Waals surface area contributed by atoms with Gasteiger partial charge in [-0.1, -0.05) is 29.8 Å². The Bertz CT molecular complexity index is 1410. The van der Waals surface area contributed by atoms with Crippen LogP contribution >= 0.6 is 0 Å². The molecule has 170 valence electrons. The van der Waals surface area contributed by atoms with Gasteiger partial charge in [-0.15, -0.1) is 0 Å². The topological polar surface area (TPSA) is 86.2 Å². The van der Waals surface area contributed by atoms with Gasteiger partial charge in [0, 0.05) is 13.0 Å². The van der Waals surface area contributed by atoms with Crippen LogP contribution in [0.1, 0.15) is 34.4 Å². The number of hydrogen-bond donors (Lipinski definition) is 1. The molecule has 33 heavy (non-hydrogen) atoms. The summed E-state index contributed by atoms with van der Waals surface area (Å²) in [5, 5.41) is 3.20. The number of aryl methyl sites for hydroxylation is 3. The zero-order valence-corrected chi connectivity index (χ0v) is 19.1. The smallest absolute Gasteiger partial charge is 0.331 e. The lowest BCUT2D eigenvalue weighted by Crippen LogP contribution is -2.41. The van der Waals surface area contributed by atoms with Gasteiger partial charge in [-0.05, 0) is 61.7 Å². The lowest BCUT2D eigenvalue weighted by molar-refractivity contribution is -0.121. The van der Waals surface area contributed by atoms with Gasteiger partial charge in [-0.25, -0.2) is 4.79 Å². The standard InChI is InChI=1S/C26H27N3O4/c1-17-13-18(2)22(19(3)14-17)16-29-23-9-5-4-8-21(23)25(31)28(26(29)32)11-10-24(30)27-15-20-7-6-12-33-20/h4-9,12-14H,10-11,15-16H2,1-3H3,(H,27,30). The van der Waals surface area contributed by atoms with Crippen LogP contribution in [0.3, 0.4) is 0 Å². The molecule has 7 nitrogen and oxygen atoms in total. The van der Waals surface area contributed by atoms with Crippen LogP contribution in [0.2, 0.25) is 0 Å². The Morgan fingerprint density at radius 2 is 1.70 bits per heavy atom. The Balaban J connectivity index is 1.67. The van der Waals surface area contributed by atoms with Crippen LogP contribution in [0.4, 0.5) is 0 Å². The number of amides is 1. The minimum absolute atomic E-state index is 0.00164. The van der Waals surface area contributed by atoms with Crippen LogP contribution in [0.15, 0.2) is 68.8 Å². The van der Waals surface area contributed by atoms with E-state index in [-0.39, 0.29) is 31.0 Å². The van der Waals surface area contributed by atoms with Gasteiger partial charge in [0.2, 0.25) is 5.91 Å². The fourth-order valence-corrected chi connectivity index (χ4v) is 4.24. The summed E-state index contributed by atoms with van der Waals surface area (Å²) in [5.41, 5.74) is 4.19. The molecule has 4 aromatic rings. The van der Waals surface area contributed by atoms with Crippen LogP contribution < -0.4 is 16.6 Å². The minimum atomic E-state index is -0.420.